The van der Waals surface area contributed by atoms with Gasteiger partial charge in [0.2, 0.25) is 0 Å². The van der Waals surface area contributed by atoms with Crippen LogP contribution >= 0.6 is 15.9 Å². The van der Waals surface area contributed by atoms with Crippen molar-refractivity contribution in [2.24, 2.45) is 0 Å². The van der Waals surface area contributed by atoms with Gasteiger partial charge >= 0.3 is 0 Å². The number of aryl methyl sites for hydroxylation is 1. The van der Waals surface area contributed by atoms with Crippen molar-refractivity contribution in [2.75, 3.05) is 0 Å². The van der Waals surface area contributed by atoms with E-state index in [4.69, 9.17) is 4.74 Å². The van der Waals surface area contributed by atoms with Crippen LogP contribution < -0.4 is 4.74 Å². The van der Waals surface area contributed by atoms with E-state index in [9.17, 15) is 0 Å². The predicted octanol–water partition coefficient (Wildman–Crippen LogP) is 4.88. The quantitative estimate of drug-likeness (QED) is 0.683. The van der Waals surface area contributed by atoms with E-state index in [0.717, 1.165) is 32.3 Å². The standard InChI is InChI=1S/C17H14BrNO/c1-12-6-7-14(18)10-17(12)20-11-13-8-9-19-16-5-3-2-4-15(13)16/h2-10H,11H2,1H3. The second-order valence-corrected chi connectivity index (χ2v) is 5.60. The lowest BCUT2D eigenvalue weighted by Gasteiger charge is -2.11. The van der Waals surface area contributed by atoms with Gasteiger partial charge in [-0.1, -0.05) is 40.2 Å². The van der Waals surface area contributed by atoms with Crippen LogP contribution in [0.2, 0.25) is 0 Å². The van der Waals surface area contributed by atoms with Gasteiger partial charge in [0.15, 0.2) is 0 Å². The lowest BCUT2D eigenvalue weighted by Crippen LogP contribution is -1.98. The topological polar surface area (TPSA) is 22.1 Å². The molecule has 3 heteroatoms. The van der Waals surface area contributed by atoms with Gasteiger partial charge in [-0.25, -0.2) is 0 Å². The summed E-state index contributed by atoms with van der Waals surface area (Å²) < 4.78 is 6.98. The maximum absolute atomic E-state index is 5.95. The molecule has 0 unspecified atom stereocenters. The Hall–Kier alpha value is -1.87. The third-order valence-corrected chi connectivity index (χ3v) is 3.77. The summed E-state index contributed by atoms with van der Waals surface area (Å²) in [5, 5.41) is 1.14. The monoisotopic (exact) mass is 327 g/mol. The van der Waals surface area contributed by atoms with Crippen molar-refractivity contribution in [1.29, 1.82) is 0 Å². The number of hydrogen-bond acceptors (Lipinski definition) is 2. The van der Waals surface area contributed by atoms with Crippen LogP contribution in [0.4, 0.5) is 0 Å². The Morgan fingerprint density at radius 3 is 2.85 bits per heavy atom. The first-order chi connectivity index (χ1) is 9.74. The molecule has 2 nitrogen and oxygen atoms in total. The third-order valence-electron chi connectivity index (χ3n) is 3.27. The second-order valence-electron chi connectivity index (χ2n) is 4.69. The van der Waals surface area contributed by atoms with Crippen molar-refractivity contribution < 1.29 is 4.74 Å². The van der Waals surface area contributed by atoms with Crippen molar-refractivity contribution in [1.82, 2.24) is 4.98 Å². The third kappa shape index (κ3) is 2.68. The van der Waals surface area contributed by atoms with E-state index in [1.165, 1.54) is 0 Å². The Kier molecular flexibility index (Phi) is 3.70. The molecule has 2 aromatic carbocycles. The van der Waals surface area contributed by atoms with E-state index in [0.29, 0.717) is 6.61 Å². The summed E-state index contributed by atoms with van der Waals surface area (Å²) in [5.41, 5.74) is 3.28. The maximum Gasteiger partial charge on any atom is 0.123 e. The molecular formula is C17H14BrNO. The first-order valence-electron chi connectivity index (χ1n) is 6.45. The van der Waals surface area contributed by atoms with Gasteiger partial charge in [-0.3, -0.25) is 4.98 Å². The van der Waals surface area contributed by atoms with Gasteiger partial charge in [-0.15, -0.1) is 0 Å². The molecular weight excluding hydrogens is 314 g/mol. The highest BCUT2D eigenvalue weighted by Gasteiger charge is 2.04. The highest BCUT2D eigenvalue weighted by Crippen LogP contribution is 2.25. The van der Waals surface area contributed by atoms with Crippen LogP contribution in [0, 0.1) is 6.92 Å². The molecule has 3 rings (SSSR count). The zero-order chi connectivity index (χ0) is 13.9. The molecule has 0 N–H and O–H groups in total. The number of nitrogens with zero attached hydrogens (tertiary/aromatic N) is 1. The summed E-state index contributed by atoms with van der Waals surface area (Å²) in [5.74, 6) is 0.903. The number of rotatable bonds is 3. The molecule has 0 atom stereocenters. The summed E-state index contributed by atoms with van der Waals surface area (Å²) in [6.45, 7) is 2.59. The molecule has 0 fully saturated rings. The molecule has 0 aliphatic heterocycles. The summed E-state index contributed by atoms with van der Waals surface area (Å²) >= 11 is 3.47. The molecule has 0 bridgehead atoms. The first kappa shape index (κ1) is 13.1. The van der Waals surface area contributed by atoms with Gasteiger partial charge in [-0.2, -0.15) is 0 Å². The minimum atomic E-state index is 0.542. The van der Waals surface area contributed by atoms with Crippen molar-refractivity contribution in [3.63, 3.8) is 0 Å². The Morgan fingerprint density at radius 2 is 1.95 bits per heavy atom. The van der Waals surface area contributed by atoms with Crippen LogP contribution in [0.5, 0.6) is 5.75 Å². The minimum absolute atomic E-state index is 0.542. The summed E-state index contributed by atoms with van der Waals surface area (Å²) in [7, 11) is 0. The van der Waals surface area contributed by atoms with E-state index < -0.39 is 0 Å². The molecule has 100 valence electrons. The molecule has 0 saturated heterocycles. The SMILES string of the molecule is Cc1ccc(Br)cc1OCc1ccnc2ccccc12. The molecule has 20 heavy (non-hydrogen) atoms. The van der Waals surface area contributed by atoms with E-state index >= 15 is 0 Å². The van der Waals surface area contributed by atoms with Crippen molar-refractivity contribution in [3.05, 3.63) is 70.3 Å². The lowest BCUT2D eigenvalue weighted by molar-refractivity contribution is 0.305. The van der Waals surface area contributed by atoms with Crippen molar-refractivity contribution in [3.8, 4) is 5.75 Å². The molecule has 0 radical (unpaired) electrons. The number of halogens is 1. The smallest absolute Gasteiger partial charge is 0.123 e. The Labute approximate surface area is 126 Å². The summed E-state index contributed by atoms with van der Waals surface area (Å²) in [6, 6.07) is 16.2. The maximum atomic E-state index is 5.95. The Morgan fingerprint density at radius 1 is 1.10 bits per heavy atom. The van der Waals surface area contributed by atoms with Crippen molar-refractivity contribution in [2.45, 2.75) is 13.5 Å². The largest absolute Gasteiger partial charge is 0.489 e. The van der Waals surface area contributed by atoms with Crippen LogP contribution in [-0.2, 0) is 6.61 Å². The molecule has 0 spiro atoms. The Balaban J connectivity index is 1.89. The van der Waals surface area contributed by atoms with Crippen LogP contribution in [0.25, 0.3) is 10.9 Å². The molecule has 3 aromatic rings. The fraction of sp³-hybridized carbons (Fsp3) is 0.118. The van der Waals surface area contributed by atoms with E-state index in [1.807, 2.05) is 55.6 Å². The summed E-state index contributed by atoms with van der Waals surface area (Å²) in [6.07, 6.45) is 1.83. The number of ether oxygens (including phenoxy) is 1. The molecule has 0 saturated carbocycles. The van der Waals surface area contributed by atoms with E-state index in [2.05, 4.69) is 27.0 Å². The zero-order valence-corrected chi connectivity index (χ0v) is 12.7. The molecule has 1 heterocycles. The van der Waals surface area contributed by atoms with Gasteiger partial charge in [0.1, 0.15) is 12.4 Å². The van der Waals surface area contributed by atoms with Crippen molar-refractivity contribution >= 4 is 26.8 Å². The average molecular weight is 328 g/mol. The molecule has 1 aromatic heterocycles. The number of hydrogen-bond donors (Lipinski definition) is 0. The van der Waals surface area contributed by atoms with E-state index in [1.54, 1.807) is 0 Å². The number of benzene rings is 2. The fourth-order valence-corrected chi connectivity index (χ4v) is 2.51. The van der Waals surface area contributed by atoms with E-state index in [-0.39, 0.29) is 0 Å². The Bertz CT molecular complexity index is 750. The van der Waals surface area contributed by atoms with Gasteiger partial charge in [0.05, 0.1) is 5.52 Å². The molecule has 0 aliphatic carbocycles. The predicted molar refractivity (Wildman–Crippen MR) is 85.0 cm³/mol. The fourth-order valence-electron chi connectivity index (χ4n) is 2.17. The second kappa shape index (κ2) is 5.63. The highest BCUT2D eigenvalue weighted by molar-refractivity contribution is 9.10. The molecule has 0 aliphatic rings. The normalized spacial score (nSPS) is 10.7. The van der Waals surface area contributed by atoms with Crippen LogP contribution in [0.3, 0.4) is 0 Å². The first-order valence-corrected chi connectivity index (χ1v) is 7.25. The number of para-hydroxylation sites is 1. The minimum Gasteiger partial charge on any atom is -0.489 e. The average Bonchev–Trinajstić information content (AvgIpc) is 2.48. The number of aromatic nitrogens is 1. The number of pyridine rings is 1. The lowest BCUT2D eigenvalue weighted by atomic mass is 10.1. The number of fused-ring (bicyclic) bond motifs is 1. The van der Waals surface area contributed by atoms with Gasteiger partial charge in [-0.05, 0) is 36.8 Å². The highest BCUT2D eigenvalue weighted by atomic mass is 79.9. The zero-order valence-electron chi connectivity index (χ0n) is 11.1. The molecule has 0 amide bonds. The van der Waals surface area contributed by atoms with Gasteiger partial charge in [0.25, 0.3) is 0 Å². The summed E-state index contributed by atoms with van der Waals surface area (Å²) in [4.78, 5) is 4.37. The van der Waals surface area contributed by atoms with Crippen LogP contribution in [0.15, 0.2) is 59.2 Å². The van der Waals surface area contributed by atoms with Crippen LogP contribution in [0.1, 0.15) is 11.1 Å². The van der Waals surface area contributed by atoms with Gasteiger partial charge in [0, 0.05) is 21.6 Å². The van der Waals surface area contributed by atoms with Crippen LogP contribution in [-0.4, -0.2) is 4.98 Å². The van der Waals surface area contributed by atoms with Gasteiger partial charge < -0.3 is 4.74 Å².